The number of hydrogen-bond acceptors (Lipinski definition) is 6. The van der Waals surface area contributed by atoms with Crippen LogP contribution in [0.15, 0.2) is 0 Å². The van der Waals surface area contributed by atoms with Crippen molar-refractivity contribution in [3.63, 3.8) is 0 Å². The molecule has 0 rings (SSSR count). The van der Waals surface area contributed by atoms with Crippen LogP contribution < -0.4 is 10.6 Å². The second-order valence-corrected chi connectivity index (χ2v) is 3.66. The number of hydrogen-bond donors (Lipinski definition) is 6. The molecule has 0 aliphatic rings. The van der Waals surface area contributed by atoms with Gasteiger partial charge in [-0.2, -0.15) is 0 Å². The second kappa shape index (κ2) is 7.98. The Balaban J connectivity index is 4.52. The molecule has 8 heteroatoms. The zero-order chi connectivity index (χ0) is 14.3. The highest BCUT2D eigenvalue weighted by atomic mass is 16.4. The summed E-state index contributed by atoms with van der Waals surface area (Å²) in [6, 6.07) is 0. The molecule has 0 heterocycles. The molecule has 0 radical (unpaired) electrons. The summed E-state index contributed by atoms with van der Waals surface area (Å²) in [4.78, 5) is 22.4. The molecule has 0 aromatic rings. The van der Waals surface area contributed by atoms with Gasteiger partial charge in [-0.05, 0) is 13.8 Å². The normalized spacial score (nSPS) is 17.4. The number of aliphatic hydroxyl groups excluding tert-OH is 4. The summed E-state index contributed by atoms with van der Waals surface area (Å²) >= 11 is 0. The molecular weight excluding hydrogens is 244 g/mol. The molecule has 2 amide bonds. The van der Waals surface area contributed by atoms with Gasteiger partial charge in [0.1, 0.15) is 12.2 Å². The lowest BCUT2D eigenvalue weighted by Crippen LogP contribution is -2.54. The molecule has 6 N–H and O–H groups in total. The summed E-state index contributed by atoms with van der Waals surface area (Å²) in [7, 11) is 0. The number of nitrogens with one attached hydrogen (secondary N) is 2. The van der Waals surface area contributed by atoms with Gasteiger partial charge in [0.25, 0.3) is 11.8 Å². The third-order valence-corrected chi connectivity index (χ3v) is 2.24. The quantitative estimate of drug-likeness (QED) is 0.285. The fourth-order valence-corrected chi connectivity index (χ4v) is 1.24. The van der Waals surface area contributed by atoms with Crippen LogP contribution in [-0.2, 0) is 9.59 Å². The van der Waals surface area contributed by atoms with Crippen LogP contribution in [0.4, 0.5) is 0 Å². The first-order chi connectivity index (χ1) is 8.36. The molecule has 0 bridgehead atoms. The topological polar surface area (TPSA) is 139 Å². The predicted molar refractivity (Wildman–Crippen MR) is 61.4 cm³/mol. The van der Waals surface area contributed by atoms with Crippen molar-refractivity contribution in [1.29, 1.82) is 0 Å². The lowest BCUT2D eigenvalue weighted by atomic mass is 10.0. The van der Waals surface area contributed by atoms with Gasteiger partial charge in [0, 0.05) is 13.1 Å². The van der Waals surface area contributed by atoms with Crippen LogP contribution in [0.3, 0.4) is 0 Å². The summed E-state index contributed by atoms with van der Waals surface area (Å²) in [5.74, 6) is -1.79. The molecule has 0 aliphatic heterocycles. The average molecular weight is 264 g/mol. The minimum absolute atomic E-state index is 0.234. The number of aliphatic hydroxyl groups is 4. The van der Waals surface area contributed by atoms with Gasteiger partial charge in [-0.1, -0.05) is 0 Å². The van der Waals surface area contributed by atoms with Gasteiger partial charge in [-0.3, -0.25) is 9.59 Å². The first kappa shape index (κ1) is 16.8. The van der Waals surface area contributed by atoms with E-state index in [9.17, 15) is 30.0 Å². The van der Waals surface area contributed by atoms with E-state index in [-0.39, 0.29) is 13.1 Å². The summed E-state index contributed by atoms with van der Waals surface area (Å²) in [6.45, 7) is 3.68. The van der Waals surface area contributed by atoms with Gasteiger partial charge >= 0.3 is 0 Å². The van der Waals surface area contributed by atoms with Crippen LogP contribution in [0.1, 0.15) is 13.8 Å². The molecule has 106 valence electrons. The van der Waals surface area contributed by atoms with Crippen molar-refractivity contribution in [3.05, 3.63) is 0 Å². The Morgan fingerprint density at radius 2 is 1.11 bits per heavy atom. The summed E-state index contributed by atoms with van der Waals surface area (Å²) in [6.07, 6.45) is -7.78. The van der Waals surface area contributed by atoms with E-state index < -0.39 is 36.2 Å². The molecule has 0 unspecified atom stereocenters. The SMILES string of the molecule is CCNC(=O)[C@@H](O)[C@H](O)[C@H](O)[C@@H](O)C(=O)NCC. The molecule has 0 aromatic heterocycles. The van der Waals surface area contributed by atoms with E-state index in [0.29, 0.717) is 0 Å². The third-order valence-electron chi connectivity index (χ3n) is 2.24. The maximum Gasteiger partial charge on any atom is 0.251 e. The van der Waals surface area contributed by atoms with E-state index in [1.54, 1.807) is 13.8 Å². The molecule has 0 spiro atoms. The standard InChI is InChI=1S/C10H20N2O6/c1-3-11-9(17)7(15)5(13)6(14)8(16)10(18)12-4-2/h5-8,13-16H,3-4H2,1-2H3,(H,11,17)(H,12,18)/t5-,6+,7+,8-. The van der Waals surface area contributed by atoms with Crippen molar-refractivity contribution >= 4 is 11.8 Å². The zero-order valence-electron chi connectivity index (χ0n) is 10.3. The second-order valence-electron chi connectivity index (χ2n) is 3.66. The Morgan fingerprint density at radius 1 is 0.833 bits per heavy atom. The van der Waals surface area contributed by atoms with Crippen LogP contribution in [-0.4, -0.2) is 69.7 Å². The van der Waals surface area contributed by atoms with Crippen LogP contribution in [0.2, 0.25) is 0 Å². The molecule has 18 heavy (non-hydrogen) atoms. The zero-order valence-corrected chi connectivity index (χ0v) is 10.3. The number of carbonyl (C=O) groups excluding carboxylic acids is 2. The van der Waals surface area contributed by atoms with E-state index >= 15 is 0 Å². The molecule has 0 fully saturated rings. The summed E-state index contributed by atoms with van der Waals surface area (Å²) < 4.78 is 0. The lowest BCUT2D eigenvalue weighted by Gasteiger charge is -2.25. The highest BCUT2D eigenvalue weighted by Gasteiger charge is 2.36. The van der Waals surface area contributed by atoms with Crippen LogP contribution in [0.5, 0.6) is 0 Å². The summed E-state index contributed by atoms with van der Waals surface area (Å²) in [5, 5.41) is 42.2. The number of amides is 2. The van der Waals surface area contributed by atoms with Crippen LogP contribution in [0, 0.1) is 0 Å². The van der Waals surface area contributed by atoms with Crippen molar-refractivity contribution in [2.45, 2.75) is 38.3 Å². The first-order valence-corrected chi connectivity index (χ1v) is 5.64. The molecule has 8 nitrogen and oxygen atoms in total. The van der Waals surface area contributed by atoms with Crippen molar-refractivity contribution in [2.24, 2.45) is 0 Å². The maximum atomic E-state index is 11.2. The Labute approximate surface area is 105 Å². The Morgan fingerprint density at radius 3 is 1.33 bits per heavy atom. The predicted octanol–water partition coefficient (Wildman–Crippen LogP) is -3.30. The van der Waals surface area contributed by atoms with E-state index in [2.05, 4.69) is 10.6 Å². The highest BCUT2D eigenvalue weighted by Crippen LogP contribution is 2.06. The largest absolute Gasteiger partial charge is 0.387 e. The van der Waals surface area contributed by atoms with Gasteiger partial charge in [-0.15, -0.1) is 0 Å². The van der Waals surface area contributed by atoms with E-state index in [1.807, 2.05) is 0 Å². The van der Waals surface area contributed by atoms with Crippen LogP contribution in [0.25, 0.3) is 0 Å². The van der Waals surface area contributed by atoms with Crippen molar-refractivity contribution < 1.29 is 30.0 Å². The number of rotatable bonds is 7. The average Bonchev–Trinajstić information content (AvgIpc) is 2.35. The van der Waals surface area contributed by atoms with Gasteiger partial charge in [0.05, 0.1) is 0 Å². The monoisotopic (exact) mass is 264 g/mol. The van der Waals surface area contributed by atoms with E-state index in [4.69, 9.17) is 0 Å². The minimum Gasteiger partial charge on any atom is -0.387 e. The Kier molecular flexibility index (Phi) is 7.44. The van der Waals surface area contributed by atoms with Gasteiger partial charge in [-0.25, -0.2) is 0 Å². The van der Waals surface area contributed by atoms with Crippen LogP contribution >= 0.6 is 0 Å². The van der Waals surface area contributed by atoms with Gasteiger partial charge in [0.15, 0.2) is 12.2 Å². The van der Waals surface area contributed by atoms with Gasteiger partial charge in [0.2, 0.25) is 0 Å². The summed E-state index contributed by atoms with van der Waals surface area (Å²) in [5.41, 5.74) is 0. The molecule has 0 aromatic carbocycles. The fraction of sp³-hybridized carbons (Fsp3) is 0.800. The fourth-order valence-electron chi connectivity index (χ4n) is 1.24. The van der Waals surface area contributed by atoms with Crippen molar-refractivity contribution in [1.82, 2.24) is 10.6 Å². The maximum absolute atomic E-state index is 11.2. The lowest BCUT2D eigenvalue weighted by molar-refractivity contribution is -0.155. The Hall–Kier alpha value is -1.22. The third kappa shape index (κ3) is 4.57. The molecular formula is C10H20N2O6. The highest BCUT2D eigenvalue weighted by molar-refractivity contribution is 5.83. The van der Waals surface area contributed by atoms with Crippen molar-refractivity contribution in [2.75, 3.05) is 13.1 Å². The van der Waals surface area contributed by atoms with E-state index in [1.165, 1.54) is 0 Å². The molecule has 0 aliphatic carbocycles. The Bertz CT molecular complexity index is 258. The molecule has 0 saturated carbocycles. The molecule has 0 saturated heterocycles. The number of likely N-dealkylation sites (N-methyl/N-ethyl adjacent to an activating group) is 2. The minimum atomic E-state index is -1.96. The van der Waals surface area contributed by atoms with E-state index in [0.717, 1.165) is 0 Å². The number of carbonyl (C=O) groups is 2. The van der Waals surface area contributed by atoms with Gasteiger partial charge < -0.3 is 31.1 Å². The first-order valence-electron chi connectivity index (χ1n) is 5.64. The smallest absolute Gasteiger partial charge is 0.251 e. The molecule has 4 atom stereocenters. The van der Waals surface area contributed by atoms with Crippen molar-refractivity contribution in [3.8, 4) is 0 Å².